The van der Waals surface area contributed by atoms with E-state index in [4.69, 9.17) is 4.74 Å². The summed E-state index contributed by atoms with van der Waals surface area (Å²) in [5.41, 5.74) is 3.21. The number of rotatable bonds is 9. The van der Waals surface area contributed by atoms with E-state index in [0.29, 0.717) is 6.42 Å². The minimum absolute atomic E-state index is 0.0475. The molecule has 0 spiro atoms. The first-order valence-electron chi connectivity index (χ1n) is 11.6. The van der Waals surface area contributed by atoms with Crippen LogP contribution >= 0.6 is 0 Å². The van der Waals surface area contributed by atoms with Crippen molar-refractivity contribution in [1.29, 1.82) is 0 Å². The Morgan fingerprint density at radius 1 is 1.03 bits per heavy atom. The summed E-state index contributed by atoms with van der Waals surface area (Å²) in [4.78, 5) is 38.4. The number of benzene rings is 2. The summed E-state index contributed by atoms with van der Waals surface area (Å²) in [6.07, 6.45) is -0.0775. The van der Waals surface area contributed by atoms with E-state index < -0.39 is 23.5 Å². The summed E-state index contributed by atoms with van der Waals surface area (Å²) >= 11 is 0. The molecule has 1 aliphatic rings. The van der Waals surface area contributed by atoms with Crippen LogP contribution in [0.15, 0.2) is 48.5 Å². The Morgan fingerprint density at radius 2 is 1.56 bits per heavy atom. The Morgan fingerprint density at radius 3 is 2.06 bits per heavy atom. The average molecular weight is 467 g/mol. The second kappa shape index (κ2) is 10.3. The van der Waals surface area contributed by atoms with Crippen LogP contribution in [0.1, 0.15) is 51.2 Å². The number of alkyl carbamates (subject to hydrolysis) is 1. The summed E-state index contributed by atoms with van der Waals surface area (Å²) in [7, 11) is 1.48. The molecule has 34 heavy (non-hydrogen) atoms. The summed E-state index contributed by atoms with van der Waals surface area (Å²) in [6, 6.07) is 16.2. The number of hydrogen-bond acceptors (Lipinski definition) is 4. The highest BCUT2D eigenvalue weighted by Crippen LogP contribution is 2.44. The van der Waals surface area contributed by atoms with Gasteiger partial charge in [-0.15, -0.1) is 0 Å². The Bertz CT molecular complexity index is 1020. The molecular weight excluding hydrogens is 432 g/mol. The summed E-state index contributed by atoms with van der Waals surface area (Å²) in [5.74, 6) is -1.81. The van der Waals surface area contributed by atoms with Gasteiger partial charge in [0.05, 0.1) is 5.92 Å². The molecule has 0 fully saturated rings. The van der Waals surface area contributed by atoms with Gasteiger partial charge in [-0.05, 0) is 48.4 Å². The van der Waals surface area contributed by atoms with Gasteiger partial charge in [0.25, 0.3) is 0 Å². The largest absolute Gasteiger partial charge is 0.480 e. The Hall–Kier alpha value is -3.35. The fraction of sp³-hybridized carbons (Fsp3) is 0.444. The first-order valence-corrected chi connectivity index (χ1v) is 11.6. The molecule has 2 aromatic carbocycles. The molecule has 182 valence electrons. The molecule has 2 N–H and O–H groups in total. The van der Waals surface area contributed by atoms with Crippen molar-refractivity contribution in [3.8, 4) is 11.1 Å². The van der Waals surface area contributed by atoms with Crippen molar-refractivity contribution in [2.75, 3.05) is 20.2 Å². The third-order valence-corrected chi connectivity index (χ3v) is 6.63. The standard InChI is InChI=1S/C27H34N2O5/c1-17(2)14-18(24(30)29(5)27(3,4)25(31)32)15-28-26(33)34-16-23-21-12-8-6-10-19(21)20-11-7-9-13-22(20)23/h6-13,17-18,23H,14-16H2,1-5H3,(H,28,33)(H,31,32). The predicted molar refractivity (Wildman–Crippen MR) is 131 cm³/mol. The highest BCUT2D eigenvalue weighted by Gasteiger charge is 2.38. The van der Waals surface area contributed by atoms with Gasteiger partial charge in [0, 0.05) is 19.5 Å². The fourth-order valence-electron chi connectivity index (χ4n) is 4.39. The Balaban J connectivity index is 1.64. The maximum Gasteiger partial charge on any atom is 0.407 e. The molecule has 0 radical (unpaired) electrons. The number of likely N-dealkylation sites (N-methyl/N-ethyl adjacent to an activating group) is 1. The van der Waals surface area contributed by atoms with Crippen molar-refractivity contribution in [3.05, 3.63) is 59.7 Å². The summed E-state index contributed by atoms with van der Waals surface area (Å²) in [6.45, 7) is 7.20. The van der Waals surface area contributed by atoms with Gasteiger partial charge < -0.3 is 20.1 Å². The van der Waals surface area contributed by atoms with E-state index in [1.165, 1.54) is 25.8 Å². The maximum atomic E-state index is 13.1. The van der Waals surface area contributed by atoms with Crippen LogP contribution in [-0.4, -0.2) is 53.7 Å². The highest BCUT2D eigenvalue weighted by atomic mass is 16.5. The molecule has 1 aliphatic carbocycles. The van der Waals surface area contributed by atoms with Crippen molar-refractivity contribution in [1.82, 2.24) is 10.2 Å². The van der Waals surface area contributed by atoms with E-state index in [1.807, 2.05) is 38.1 Å². The minimum Gasteiger partial charge on any atom is -0.480 e. The average Bonchev–Trinajstić information content (AvgIpc) is 3.12. The first-order chi connectivity index (χ1) is 16.0. The topological polar surface area (TPSA) is 95.9 Å². The molecular formula is C27H34N2O5. The maximum absolute atomic E-state index is 13.1. The molecule has 7 nitrogen and oxygen atoms in total. The molecule has 2 amide bonds. The molecule has 0 aliphatic heterocycles. The normalized spacial score (nSPS) is 13.7. The van der Waals surface area contributed by atoms with Crippen LogP contribution in [0.4, 0.5) is 4.79 Å². The van der Waals surface area contributed by atoms with Crippen LogP contribution in [0.2, 0.25) is 0 Å². The van der Waals surface area contributed by atoms with Gasteiger partial charge in [-0.1, -0.05) is 62.4 Å². The van der Waals surface area contributed by atoms with Crippen LogP contribution in [0.25, 0.3) is 11.1 Å². The van der Waals surface area contributed by atoms with Crippen molar-refractivity contribution < 1.29 is 24.2 Å². The quantitative estimate of drug-likeness (QED) is 0.567. The van der Waals surface area contributed by atoms with Gasteiger partial charge in [0.15, 0.2) is 0 Å². The van der Waals surface area contributed by atoms with E-state index in [2.05, 4.69) is 29.6 Å². The Kier molecular flexibility index (Phi) is 7.64. The third kappa shape index (κ3) is 5.24. The number of carboxylic acid groups (broad SMARTS) is 1. The number of aliphatic carboxylic acids is 1. The van der Waals surface area contributed by atoms with Crippen molar-refractivity contribution in [2.45, 2.75) is 45.6 Å². The van der Waals surface area contributed by atoms with Crippen LogP contribution in [-0.2, 0) is 14.3 Å². The molecule has 3 rings (SSSR count). The van der Waals surface area contributed by atoms with E-state index in [0.717, 1.165) is 22.3 Å². The third-order valence-electron chi connectivity index (χ3n) is 6.63. The van der Waals surface area contributed by atoms with Gasteiger partial charge in [-0.3, -0.25) is 4.79 Å². The van der Waals surface area contributed by atoms with E-state index in [1.54, 1.807) is 0 Å². The number of amides is 2. The molecule has 1 unspecified atom stereocenters. The zero-order valence-electron chi connectivity index (χ0n) is 20.5. The molecule has 0 saturated carbocycles. The van der Waals surface area contributed by atoms with E-state index in [-0.39, 0.29) is 30.9 Å². The number of nitrogens with one attached hydrogen (secondary N) is 1. The lowest BCUT2D eigenvalue weighted by molar-refractivity contribution is -0.157. The summed E-state index contributed by atoms with van der Waals surface area (Å²) in [5, 5.41) is 12.2. The second-order valence-corrected chi connectivity index (χ2v) is 9.79. The molecule has 2 aromatic rings. The smallest absolute Gasteiger partial charge is 0.407 e. The number of carbonyl (C=O) groups excluding carboxylic acids is 2. The van der Waals surface area contributed by atoms with Crippen LogP contribution in [0, 0.1) is 11.8 Å². The van der Waals surface area contributed by atoms with Gasteiger partial charge in [-0.2, -0.15) is 0 Å². The predicted octanol–water partition coefficient (Wildman–Crippen LogP) is 4.51. The zero-order chi connectivity index (χ0) is 25.0. The van der Waals surface area contributed by atoms with Crippen LogP contribution in [0.5, 0.6) is 0 Å². The number of nitrogens with zero attached hydrogens (tertiary/aromatic N) is 1. The molecule has 0 saturated heterocycles. The summed E-state index contributed by atoms with van der Waals surface area (Å²) < 4.78 is 5.57. The zero-order valence-corrected chi connectivity index (χ0v) is 20.5. The molecule has 0 bridgehead atoms. The van der Waals surface area contributed by atoms with E-state index >= 15 is 0 Å². The van der Waals surface area contributed by atoms with Crippen molar-refractivity contribution >= 4 is 18.0 Å². The van der Waals surface area contributed by atoms with Gasteiger partial charge >= 0.3 is 12.1 Å². The lowest BCUT2D eigenvalue weighted by Crippen LogP contribution is -2.54. The monoisotopic (exact) mass is 466 g/mol. The number of carbonyl (C=O) groups is 3. The van der Waals surface area contributed by atoms with Crippen LogP contribution < -0.4 is 5.32 Å². The van der Waals surface area contributed by atoms with Crippen molar-refractivity contribution in [3.63, 3.8) is 0 Å². The van der Waals surface area contributed by atoms with E-state index in [9.17, 15) is 19.5 Å². The number of ether oxygens (including phenoxy) is 1. The van der Waals surface area contributed by atoms with Crippen molar-refractivity contribution in [2.24, 2.45) is 11.8 Å². The number of fused-ring (bicyclic) bond motifs is 3. The highest BCUT2D eigenvalue weighted by molar-refractivity contribution is 5.87. The fourth-order valence-corrected chi connectivity index (χ4v) is 4.39. The molecule has 1 atom stereocenters. The SMILES string of the molecule is CC(C)CC(CNC(=O)OCC1c2ccccc2-c2ccccc21)C(=O)N(C)C(C)(C)C(=O)O. The lowest BCUT2D eigenvalue weighted by Gasteiger charge is -2.34. The first kappa shape index (κ1) is 25.3. The molecule has 0 aromatic heterocycles. The number of carboxylic acids is 1. The molecule has 0 heterocycles. The number of hydrogen-bond donors (Lipinski definition) is 2. The van der Waals surface area contributed by atoms with Crippen LogP contribution in [0.3, 0.4) is 0 Å². The van der Waals surface area contributed by atoms with Gasteiger partial charge in [0.1, 0.15) is 12.1 Å². The van der Waals surface area contributed by atoms with Gasteiger partial charge in [-0.25, -0.2) is 9.59 Å². The minimum atomic E-state index is -1.35. The molecule has 7 heteroatoms. The lowest BCUT2D eigenvalue weighted by atomic mass is 9.93. The Labute approximate surface area is 201 Å². The van der Waals surface area contributed by atoms with Gasteiger partial charge in [0.2, 0.25) is 5.91 Å². The second-order valence-electron chi connectivity index (χ2n) is 9.79.